The SMILES string of the molecule is CCN1CCN(Cc2ccc(CNC(=O)CSCc3nc4ccccc4s3)cc2)CC1. The number of carbonyl (C=O) groups is 1. The number of nitrogens with one attached hydrogen (secondary N) is 1. The Morgan fingerprint density at radius 3 is 2.48 bits per heavy atom. The Morgan fingerprint density at radius 1 is 1.03 bits per heavy atom. The lowest BCUT2D eigenvalue weighted by molar-refractivity contribution is -0.118. The Hall–Kier alpha value is -1.93. The van der Waals surface area contributed by atoms with Gasteiger partial charge in [-0.2, -0.15) is 0 Å². The standard InChI is InChI=1S/C24H30N4OS2/c1-2-27-11-13-28(14-12-27)16-20-9-7-19(8-10-20)15-25-23(29)17-30-18-24-26-21-5-3-4-6-22(21)31-24/h3-10H,2,11-18H2,1H3,(H,25,29). The zero-order chi connectivity index (χ0) is 21.5. The summed E-state index contributed by atoms with van der Waals surface area (Å²) in [7, 11) is 0. The van der Waals surface area contributed by atoms with Crippen molar-refractivity contribution in [2.75, 3.05) is 38.5 Å². The molecule has 5 nitrogen and oxygen atoms in total. The zero-order valence-electron chi connectivity index (χ0n) is 18.0. The minimum Gasteiger partial charge on any atom is -0.351 e. The van der Waals surface area contributed by atoms with Crippen LogP contribution in [-0.4, -0.2) is 59.2 Å². The Labute approximate surface area is 192 Å². The van der Waals surface area contributed by atoms with E-state index in [4.69, 9.17) is 0 Å². The van der Waals surface area contributed by atoms with Crippen LogP contribution in [0.1, 0.15) is 23.1 Å². The molecule has 31 heavy (non-hydrogen) atoms. The number of thioether (sulfide) groups is 1. The molecular formula is C24H30N4OS2. The molecule has 1 aliphatic heterocycles. The molecule has 0 aliphatic carbocycles. The maximum absolute atomic E-state index is 12.2. The second-order valence-corrected chi connectivity index (χ2v) is 9.97. The molecule has 2 heterocycles. The van der Waals surface area contributed by atoms with Gasteiger partial charge in [0.15, 0.2) is 0 Å². The fourth-order valence-corrected chi connectivity index (χ4v) is 5.63. The van der Waals surface area contributed by atoms with Crippen LogP contribution in [0, 0.1) is 0 Å². The Morgan fingerprint density at radius 2 is 1.74 bits per heavy atom. The summed E-state index contributed by atoms with van der Waals surface area (Å²) in [4.78, 5) is 21.8. The molecule has 0 atom stereocenters. The maximum atomic E-state index is 12.2. The molecule has 1 N–H and O–H groups in total. The number of thiazole rings is 1. The molecule has 0 radical (unpaired) electrons. The van der Waals surface area contributed by atoms with Crippen LogP contribution in [-0.2, 0) is 23.6 Å². The van der Waals surface area contributed by atoms with Crippen LogP contribution < -0.4 is 5.32 Å². The van der Waals surface area contributed by atoms with Crippen LogP contribution in [0.4, 0.5) is 0 Å². The van der Waals surface area contributed by atoms with E-state index in [1.54, 1.807) is 23.1 Å². The Bertz CT molecular complexity index is 948. The van der Waals surface area contributed by atoms with Crippen molar-refractivity contribution in [3.63, 3.8) is 0 Å². The summed E-state index contributed by atoms with van der Waals surface area (Å²) in [6.45, 7) is 9.57. The van der Waals surface area contributed by atoms with Crippen molar-refractivity contribution < 1.29 is 4.79 Å². The van der Waals surface area contributed by atoms with Crippen molar-refractivity contribution in [3.8, 4) is 0 Å². The quantitative estimate of drug-likeness (QED) is 0.530. The van der Waals surface area contributed by atoms with Crippen molar-refractivity contribution in [1.29, 1.82) is 0 Å². The molecule has 1 amide bonds. The second-order valence-electron chi connectivity index (χ2n) is 7.87. The summed E-state index contributed by atoms with van der Waals surface area (Å²) in [5, 5.41) is 4.11. The van der Waals surface area contributed by atoms with Gasteiger partial charge in [-0.15, -0.1) is 23.1 Å². The lowest BCUT2D eigenvalue weighted by atomic mass is 10.1. The molecule has 0 spiro atoms. The number of aromatic nitrogens is 1. The highest BCUT2D eigenvalue weighted by molar-refractivity contribution is 7.99. The van der Waals surface area contributed by atoms with Crippen molar-refractivity contribution in [2.24, 2.45) is 0 Å². The lowest BCUT2D eigenvalue weighted by Gasteiger charge is -2.34. The molecule has 1 aliphatic rings. The van der Waals surface area contributed by atoms with Crippen molar-refractivity contribution in [3.05, 3.63) is 64.7 Å². The average Bonchev–Trinajstić information content (AvgIpc) is 3.22. The van der Waals surface area contributed by atoms with Crippen LogP contribution in [0.5, 0.6) is 0 Å². The van der Waals surface area contributed by atoms with E-state index in [2.05, 4.69) is 57.4 Å². The number of fused-ring (bicyclic) bond motifs is 1. The highest BCUT2D eigenvalue weighted by Crippen LogP contribution is 2.24. The van der Waals surface area contributed by atoms with Crippen molar-refractivity contribution in [2.45, 2.75) is 25.8 Å². The van der Waals surface area contributed by atoms with Crippen molar-refractivity contribution in [1.82, 2.24) is 20.1 Å². The van der Waals surface area contributed by atoms with Crippen LogP contribution in [0.15, 0.2) is 48.5 Å². The third-order valence-electron chi connectivity index (χ3n) is 5.63. The molecule has 0 saturated carbocycles. The smallest absolute Gasteiger partial charge is 0.230 e. The number of rotatable bonds is 9. The number of amides is 1. The summed E-state index contributed by atoms with van der Waals surface area (Å²) in [5.41, 5.74) is 3.52. The number of benzene rings is 2. The molecule has 0 unspecified atom stereocenters. The second kappa shape index (κ2) is 11.1. The summed E-state index contributed by atoms with van der Waals surface area (Å²) in [5.74, 6) is 1.30. The minimum atomic E-state index is 0.0731. The van der Waals surface area contributed by atoms with Crippen LogP contribution in [0.2, 0.25) is 0 Å². The molecular weight excluding hydrogens is 424 g/mol. The van der Waals surface area contributed by atoms with Gasteiger partial charge in [0.1, 0.15) is 5.01 Å². The number of nitrogens with zero attached hydrogens (tertiary/aromatic N) is 3. The summed E-state index contributed by atoms with van der Waals surface area (Å²) in [6.07, 6.45) is 0. The lowest BCUT2D eigenvalue weighted by Crippen LogP contribution is -2.45. The van der Waals surface area contributed by atoms with Gasteiger partial charge in [0.25, 0.3) is 0 Å². The van der Waals surface area contributed by atoms with E-state index in [1.165, 1.54) is 10.3 Å². The minimum absolute atomic E-state index is 0.0731. The number of hydrogen-bond donors (Lipinski definition) is 1. The van der Waals surface area contributed by atoms with Crippen LogP contribution >= 0.6 is 23.1 Å². The molecule has 1 saturated heterocycles. The first-order valence-corrected chi connectivity index (χ1v) is 12.9. The predicted molar refractivity (Wildman–Crippen MR) is 131 cm³/mol. The average molecular weight is 455 g/mol. The van der Waals surface area contributed by atoms with E-state index in [-0.39, 0.29) is 5.91 Å². The summed E-state index contributed by atoms with van der Waals surface area (Å²) < 4.78 is 1.20. The van der Waals surface area contributed by atoms with Gasteiger partial charge in [0, 0.05) is 45.0 Å². The van der Waals surface area contributed by atoms with E-state index in [0.717, 1.165) is 61.1 Å². The van der Waals surface area contributed by atoms with E-state index < -0.39 is 0 Å². The monoisotopic (exact) mass is 454 g/mol. The summed E-state index contributed by atoms with van der Waals surface area (Å²) in [6, 6.07) is 16.8. The molecule has 164 valence electrons. The van der Waals surface area contributed by atoms with Gasteiger partial charge in [-0.05, 0) is 29.8 Å². The number of para-hydroxylation sites is 1. The highest BCUT2D eigenvalue weighted by Gasteiger charge is 2.15. The van der Waals surface area contributed by atoms with E-state index in [0.29, 0.717) is 12.3 Å². The summed E-state index contributed by atoms with van der Waals surface area (Å²) >= 11 is 3.32. The normalized spacial score (nSPS) is 15.4. The van der Waals surface area contributed by atoms with E-state index in [9.17, 15) is 4.79 Å². The Balaban J connectivity index is 1.15. The van der Waals surface area contributed by atoms with Gasteiger partial charge >= 0.3 is 0 Å². The first-order chi connectivity index (χ1) is 15.2. The van der Waals surface area contributed by atoms with Gasteiger partial charge < -0.3 is 10.2 Å². The third-order valence-corrected chi connectivity index (χ3v) is 7.79. The van der Waals surface area contributed by atoms with Crippen LogP contribution in [0.25, 0.3) is 10.2 Å². The van der Waals surface area contributed by atoms with Gasteiger partial charge in [-0.3, -0.25) is 9.69 Å². The van der Waals surface area contributed by atoms with Gasteiger partial charge in [0.05, 0.1) is 16.0 Å². The largest absolute Gasteiger partial charge is 0.351 e. The highest BCUT2D eigenvalue weighted by atomic mass is 32.2. The molecule has 3 aromatic rings. The fraction of sp³-hybridized carbons (Fsp3) is 0.417. The number of carbonyl (C=O) groups excluding carboxylic acids is 1. The van der Waals surface area contributed by atoms with Gasteiger partial charge in [-0.25, -0.2) is 4.98 Å². The molecule has 1 fully saturated rings. The predicted octanol–water partition coefficient (Wildman–Crippen LogP) is 3.98. The molecule has 2 aromatic carbocycles. The topological polar surface area (TPSA) is 48.5 Å². The van der Waals surface area contributed by atoms with Crippen molar-refractivity contribution >= 4 is 39.2 Å². The molecule has 0 bridgehead atoms. The zero-order valence-corrected chi connectivity index (χ0v) is 19.7. The number of likely N-dealkylation sites (N-methyl/N-ethyl adjacent to an activating group) is 1. The Kier molecular flexibility index (Phi) is 7.97. The molecule has 7 heteroatoms. The van der Waals surface area contributed by atoms with Gasteiger partial charge in [0.2, 0.25) is 5.91 Å². The van der Waals surface area contributed by atoms with Gasteiger partial charge in [-0.1, -0.05) is 43.3 Å². The fourth-order valence-electron chi connectivity index (χ4n) is 3.75. The molecule has 4 rings (SSSR count). The van der Waals surface area contributed by atoms with E-state index >= 15 is 0 Å². The maximum Gasteiger partial charge on any atom is 0.230 e. The first-order valence-electron chi connectivity index (χ1n) is 10.9. The number of hydrogen-bond acceptors (Lipinski definition) is 6. The molecule has 1 aromatic heterocycles. The third kappa shape index (κ3) is 6.53. The van der Waals surface area contributed by atoms with E-state index in [1.807, 2.05) is 18.2 Å². The number of piperazine rings is 1. The van der Waals surface area contributed by atoms with Crippen LogP contribution in [0.3, 0.4) is 0 Å². The first kappa shape index (κ1) is 22.3.